The number of nitrogens with zero attached hydrogens (tertiary/aromatic N) is 2. The summed E-state index contributed by atoms with van der Waals surface area (Å²) in [5.74, 6) is 0. The van der Waals surface area contributed by atoms with Crippen molar-refractivity contribution >= 4 is 17.4 Å². The van der Waals surface area contributed by atoms with E-state index >= 15 is 0 Å². The Hall–Kier alpha value is -0.640. The highest BCUT2D eigenvalue weighted by molar-refractivity contribution is 8.00. The molecular formula is C10H17N3S. The Morgan fingerprint density at radius 3 is 3.14 bits per heavy atom. The minimum Gasteiger partial charge on any atom is -0.380 e. The summed E-state index contributed by atoms with van der Waals surface area (Å²) in [7, 11) is 2.03. The molecule has 78 valence electrons. The van der Waals surface area contributed by atoms with Crippen molar-refractivity contribution in [2.45, 2.75) is 37.0 Å². The topological polar surface area (TPSA) is 29.9 Å². The van der Waals surface area contributed by atoms with Crippen molar-refractivity contribution in [2.75, 3.05) is 11.9 Å². The van der Waals surface area contributed by atoms with Crippen LogP contribution >= 0.6 is 11.8 Å². The number of hydrogen-bond acceptors (Lipinski definition) is 3. The van der Waals surface area contributed by atoms with Gasteiger partial charge in [-0.3, -0.25) is 4.68 Å². The molecule has 0 aliphatic carbocycles. The number of fused-ring (bicyclic) bond motifs is 1. The molecule has 0 fully saturated rings. The van der Waals surface area contributed by atoms with Crippen LogP contribution in [-0.4, -0.2) is 21.6 Å². The maximum atomic E-state index is 4.55. The first kappa shape index (κ1) is 9.90. The summed E-state index contributed by atoms with van der Waals surface area (Å²) < 4.78 is 2.01. The van der Waals surface area contributed by atoms with E-state index in [4.69, 9.17) is 0 Å². The van der Waals surface area contributed by atoms with Gasteiger partial charge in [0.1, 0.15) is 5.03 Å². The lowest BCUT2D eigenvalue weighted by atomic mass is 10.2. The minimum atomic E-state index is 0.646. The van der Waals surface area contributed by atoms with Crippen molar-refractivity contribution in [3.8, 4) is 0 Å². The van der Waals surface area contributed by atoms with E-state index in [1.165, 1.54) is 16.4 Å². The summed E-state index contributed by atoms with van der Waals surface area (Å²) in [4.78, 5) is 0. The molecule has 0 radical (unpaired) electrons. The number of anilines is 1. The number of thioether (sulfide) groups is 1. The fourth-order valence-corrected chi connectivity index (χ4v) is 2.81. The zero-order chi connectivity index (χ0) is 10.1. The molecule has 0 bridgehead atoms. The molecule has 0 amide bonds. The van der Waals surface area contributed by atoms with E-state index in [1.807, 2.05) is 23.5 Å². The highest BCUT2D eigenvalue weighted by Gasteiger charge is 2.22. The van der Waals surface area contributed by atoms with Crippen LogP contribution in [0.1, 0.15) is 26.0 Å². The fourth-order valence-electron chi connectivity index (χ4n) is 1.76. The van der Waals surface area contributed by atoms with E-state index in [1.54, 1.807) is 0 Å². The number of aromatic nitrogens is 2. The third-order valence-corrected chi connectivity index (χ3v) is 3.69. The number of aryl methyl sites for hydroxylation is 2. The van der Waals surface area contributed by atoms with E-state index in [2.05, 4.69) is 24.3 Å². The van der Waals surface area contributed by atoms with Crippen LogP contribution in [0.3, 0.4) is 0 Å². The molecule has 2 heterocycles. The summed E-state index contributed by atoms with van der Waals surface area (Å²) in [5, 5.41) is 9.98. The second-order valence-electron chi connectivity index (χ2n) is 3.81. The molecule has 0 aromatic carbocycles. The molecule has 14 heavy (non-hydrogen) atoms. The second-order valence-corrected chi connectivity index (χ2v) is 5.24. The molecular weight excluding hydrogens is 194 g/mol. The maximum Gasteiger partial charge on any atom is 0.117 e. The molecule has 0 spiro atoms. The van der Waals surface area contributed by atoms with Crippen molar-refractivity contribution in [1.29, 1.82) is 0 Å². The van der Waals surface area contributed by atoms with Gasteiger partial charge in [0.05, 0.1) is 11.4 Å². The van der Waals surface area contributed by atoms with Gasteiger partial charge >= 0.3 is 0 Å². The first-order valence-electron chi connectivity index (χ1n) is 5.18. The van der Waals surface area contributed by atoms with Gasteiger partial charge < -0.3 is 5.32 Å². The molecule has 0 saturated heterocycles. The van der Waals surface area contributed by atoms with Gasteiger partial charge in [0.2, 0.25) is 0 Å². The average Bonchev–Trinajstić information content (AvgIpc) is 2.44. The summed E-state index contributed by atoms with van der Waals surface area (Å²) in [6.45, 7) is 5.49. The number of rotatable bonds is 2. The van der Waals surface area contributed by atoms with Crippen LogP contribution in [-0.2, 0) is 13.5 Å². The largest absolute Gasteiger partial charge is 0.380 e. The molecule has 1 aliphatic rings. The van der Waals surface area contributed by atoms with Gasteiger partial charge in [0, 0.05) is 18.8 Å². The molecule has 1 aliphatic heterocycles. The van der Waals surface area contributed by atoms with Gasteiger partial charge in [0.25, 0.3) is 0 Å². The average molecular weight is 211 g/mol. The van der Waals surface area contributed by atoms with Crippen LogP contribution in [0.15, 0.2) is 5.03 Å². The Bertz CT molecular complexity index is 332. The van der Waals surface area contributed by atoms with Gasteiger partial charge in [-0.25, -0.2) is 0 Å². The maximum absolute atomic E-state index is 4.55. The van der Waals surface area contributed by atoms with Gasteiger partial charge in [-0.15, -0.1) is 0 Å². The second kappa shape index (κ2) is 3.85. The predicted molar refractivity (Wildman–Crippen MR) is 61.0 cm³/mol. The van der Waals surface area contributed by atoms with Crippen LogP contribution in [0, 0.1) is 0 Å². The summed E-state index contributed by atoms with van der Waals surface area (Å²) >= 11 is 1.92. The standard InChI is InChI=1S/C10H17N3S/c1-4-5-8-9-10(13(3)12-8)14-7(2)6-11-9/h7,11H,4-6H2,1-3H3. The summed E-state index contributed by atoms with van der Waals surface area (Å²) in [6, 6.07) is 0. The molecule has 1 aromatic heterocycles. The third-order valence-electron chi connectivity index (χ3n) is 2.43. The van der Waals surface area contributed by atoms with E-state index in [0.717, 1.165) is 19.4 Å². The van der Waals surface area contributed by atoms with Gasteiger partial charge in [-0.05, 0) is 6.42 Å². The summed E-state index contributed by atoms with van der Waals surface area (Å²) in [5.41, 5.74) is 2.50. The van der Waals surface area contributed by atoms with Crippen molar-refractivity contribution in [2.24, 2.45) is 7.05 Å². The fraction of sp³-hybridized carbons (Fsp3) is 0.700. The highest BCUT2D eigenvalue weighted by Crippen LogP contribution is 2.36. The lowest BCUT2D eigenvalue weighted by Gasteiger charge is -2.20. The number of hydrogen-bond donors (Lipinski definition) is 1. The van der Waals surface area contributed by atoms with Crippen LogP contribution < -0.4 is 5.32 Å². The molecule has 1 unspecified atom stereocenters. The number of nitrogens with one attached hydrogen (secondary N) is 1. The first-order valence-corrected chi connectivity index (χ1v) is 6.06. The predicted octanol–water partition coefficient (Wildman–Crippen LogP) is 2.28. The molecule has 1 aromatic rings. The summed E-state index contributed by atoms with van der Waals surface area (Å²) in [6.07, 6.45) is 2.23. The van der Waals surface area contributed by atoms with Crippen LogP contribution in [0.2, 0.25) is 0 Å². The molecule has 4 heteroatoms. The van der Waals surface area contributed by atoms with Gasteiger partial charge in [-0.1, -0.05) is 32.0 Å². The normalized spacial score (nSPS) is 20.4. The van der Waals surface area contributed by atoms with E-state index in [0.29, 0.717) is 5.25 Å². The van der Waals surface area contributed by atoms with Crippen molar-refractivity contribution in [3.63, 3.8) is 0 Å². The SMILES string of the molecule is CCCc1nn(C)c2c1NCC(C)S2. The van der Waals surface area contributed by atoms with Crippen LogP contribution in [0.25, 0.3) is 0 Å². The van der Waals surface area contributed by atoms with Crippen molar-refractivity contribution in [3.05, 3.63) is 5.69 Å². The van der Waals surface area contributed by atoms with Gasteiger partial charge in [0.15, 0.2) is 0 Å². The van der Waals surface area contributed by atoms with E-state index in [-0.39, 0.29) is 0 Å². The van der Waals surface area contributed by atoms with Crippen molar-refractivity contribution in [1.82, 2.24) is 9.78 Å². The van der Waals surface area contributed by atoms with Crippen molar-refractivity contribution < 1.29 is 0 Å². The quantitative estimate of drug-likeness (QED) is 0.814. The highest BCUT2D eigenvalue weighted by atomic mass is 32.2. The first-order chi connectivity index (χ1) is 6.72. The zero-order valence-electron chi connectivity index (χ0n) is 9.00. The lowest BCUT2D eigenvalue weighted by molar-refractivity contribution is 0.679. The lowest BCUT2D eigenvalue weighted by Crippen LogP contribution is -2.19. The Kier molecular flexibility index (Phi) is 2.72. The van der Waals surface area contributed by atoms with Gasteiger partial charge in [-0.2, -0.15) is 5.10 Å². The Morgan fingerprint density at radius 1 is 1.64 bits per heavy atom. The van der Waals surface area contributed by atoms with E-state index < -0.39 is 0 Å². The Labute approximate surface area is 89.3 Å². The molecule has 3 nitrogen and oxygen atoms in total. The van der Waals surface area contributed by atoms with Crippen LogP contribution in [0.4, 0.5) is 5.69 Å². The molecule has 1 atom stereocenters. The van der Waals surface area contributed by atoms with E-state index in [9.17, 15) is 0 Å². The van der Waals surface area contributed by atoms with Crippen LogP contribution in [0.5, 0.6) is 0 Å². The Morgan fingerprint density at radius 2 is 2.43 bits per heavy atom. The molecule has 0 saturated carbocycles. The monoisotopic (exact) mass is 211 g/mol. The minimum absolute atomic E-state index is 0.646. The smallest absolute Gasteiger partial charge is 0.117 e. The zero-order valence-corrected chi connectivity index (χ0v) is 9.82. The third kappa shape index (κ3) is 1.63. The Balaban J connectivity index is 2.33. The molecule has 2 rings (SSSR count). The molecule has 1 N–H and O–H groups in total.